The van der Waals surface area contributed by atoms with Crippen molar-refractivity contribution in [2.45, 2.75) is 14.7 Å². The Hall–Kier alpha value is -3.15. The highest BCUT2D eigenvalue weighted by Gasteiger charge is 2.23. The quantitative estimate of drug-likeness (QED) is 0.218. The van der Waals surface area contributed by atoms with Gasteiger partial charge in [0.2, 0.25) is 0 Å². The first-order valence-electron chi connectivity index (χ1n) is 8.98. The summed E-state index contributed by atoms with van der Waals surface area (Å²) in [5, 5.41) is 36.4. The first-order chi connectivity index (χ1) is 15.6. The number of hydrogen-bond donors (Lipinski definition) is 5. The van der Waals surface area contributed by atoms with Crippen LogP contribution in [-0.2, 0) is 30.1 Å². The Kier molecular flexibility index (Phi) is 6.66. The van der Waals surface area contributed by atoms with Gasteiger partial charge in [-0.1, -0.05) is 6.07 Å². The molecule has 0 amide bonds. The summed E-state index contributed by atoms with van der Waals surface area (Å²) in [6, 6.07) is 6.58. The SMILES string of the molecule is O=S(=O)(O)c1ccc2c(N=Nc3cc(S(=O)(=O)CCO)ccc3O)c(O)c(S(=O)(=O)O)cc2c1. The summed E-state index contributed by atoms with van der Waals surface area (Å²) >= 11 is 0. The molecule has 0 aliphatic rings. The average molecular weight is 533 g/mol. The van der Waals surface area contributed by atoms with Crippen LogP contribution in [0.5, 0.6) is 11.5 Å². The van der Waals surface area contributed by atoms with Gasteiger partial charge in [0.25, 0.3) is 20.2 Å². The molecule has 0 atom stereocenters. The van der Waals surface area contributed by atoms with Crippen molar-refractivity contribution in [3.05, 3.63) is 42.5 Å². The number of aromatic hydroxyl groups is 2. The minimum absolute atomic E-state index is 0.0652. The number of rotatable bonds is 7. The van der Waals surface area contributed by atoms with Crippen LogP contribution in [0, 0.1) is 0 Å². The smallest absolute Gasteiger partial charge is 0.298 e. The van der Waals surface area contributed by atoms with Crippen molar-refractivity contribution in [3.8, 4) is 11.5 Å². The molecule has 16 heteroatoms. The number of phenolic OH excluding ortho intramolecular Hbond substituents is 2. The molecule has 0 saturated carbocycles. The molecular weight excluding hydrogens is 516 g/mol. The van der Waals surface area contributed by atoms with Gasteiger partial charge in [-0.25, -0.2) is 8.42 Å². The van der Waals surface area contributed by atoms with E-state index in [-0.39, 0.29) is 15.7 Å². The molecule has 0 aliphatic heterocycles. The van der Waals surface area contributed by atoms with Crippen molar-refractivity contribution in [1.82, 2.24) is 0 Å². The molecule has 13 nitrogen and oxygen atoms in total. The fourth-order valence-corrected chi connectivity index (χ4v) is 5.08. The van der Waals surface area contributed by atoms with E-state index in [1.165, 1.54) is 0 Å². The van der Waals surface area contributed by atoms with Crippen molar-refractivity contribution in [2.75, 3.05) is 12.4 Å². The summed E-state index contributed by atoms with van der Waals surface area (Å²) in [6.07, 6.45) is 0. The van der Waals surface area contributed by atoms with E-state index in [1.807, 2.05) is 0 Å². The van der Waals surface area contributed by atoms with Crippen LogP contribution in [0.4, 0.5) is 11.4 Å². The molecule has 34 heavy (non-hydrogen) atoms. The number of aliphatic hydroxyl groups is 1. The monoisotopic (exact) mass is 532 g/mol. The molecule has 0 heterocycles. The van der Waals surface area contributed by atoms with Crippen LogP contribution < -0.4 is 0 Å². The molecule has 0 bridgehead atoms. The topological polar surface area (TPSA) is 228 Å². The summed E-state index contributed by atoms with van der Waals surface area (Å²) in [5.41, 5.74) is -0.978. The molecule has 0 aromatic heterocycles. The molecule has 0 spiro atoms. The van der Waals surface area contributed by atoms with Gasteiger partial charge in [0.15, 0.2) is 15.6 Å². The molecule has 0 saturated heterocycles. The second kappa shape index (κ2) is 8.90. The minimum atomic E-state index is -5.04. The Morgan fingerprint density at radius 2 is 1.41 bits per heavy atom. The molecule has 0 unspecified atom stereocenters. The molecule has 3 rings (SSSR count). The summed E-state index contributed by atoms with van der Waals surface area (Å²) in [4.78, 5) is -1.98. The molecule has 5 N–H and O–H groups in total. The van der Waals surface area contributed by atoms with E-state index in [2.05, 4.69) is 10.2 Å². The highest BCUT2D eigenvalue weighted by atomic mass is 32.2. The lowest BCUT2D eigenvalue weighted by Crippen LogP contribution is -2.09. The zero-order chi connectivity index (χ0) is 25.5. The van der Waals surface area contributed by atoms with Gasteiger partial charge in [0.05, 0.1) is 22.2 Å². The molecule has 0 radical (unpaired) electrons. The van der Waals surface area contributed by atoms with Gasteiger partial charge in [-0.2, -0.15) is 16.8 Å². The number of fused-ring (bicyclic) bond motifs is 1. The second-order valence-electron chi connectivity index (χ2n) is 6.80. The van der Waals surface area contributed by atoms with Crippen LogP contribution in [0.1, 0.15) is 0 Å². The van der Waals surface area contributed by atoms with Crippen LogP contribution in [0.15, 0.2) is 67.4 Å². The van der Waals surface area contributed by atoms with Crippen molar-refractivity contribution in [3.63, 3.8) is 0 Å². The summed E-state index contributed by atoms with van der Waals surface area (Å²) in [7, 11) is -13.6. The minimum Gasteiger partial charge on any atom is -0.506 e. The van der Waals surface area contributed by atoms with Gasteiger partial charge in [0.1, 0.15) is 22.0 Å². The van der Waals surface area contributed by atoms with E-state index in [0.717, 1.165) is 42.5 Å². The van der Waals surface area contributed by atoms with E-state index >= 15 is 0 Å². The van der Waals surface area contributed by atoms with E-state index in [1.54, 1.807) is 0 Å². The van der Waals surface area contributed by atoms with Gasteiger partial charge in [-0.15, -0.1) is 10.2 Å². The van der Waals surface area contributed by atoms with E-state index < -0.39 is 75.1 Å². The third kappa shape index (κ3) is 5.16. The van der Waals surface area contributed by atoms with Crippen LogP contribution in [-0.4, -0.2) is 62.0 Å². The van der Waals surface area contributed by atoms with Crippen LogP contribution in [0.25, 0.3) is 10.8 Å². The number of aliphatic hydroxyl groups excluding tert-OH is 1. The molecule has 0 aliphatic carbocycles. The fourth-order valence-electron chi connectivity index (χ4n) is 2.91. The number of sulfone groups is 1. The van der Waals surface area contributed by atoms with E-state index in [9.17, 15) is 44.6 Å². The highest BCUT2D eigenvalue weighted by molar-refractivity contribution is 7.91. The van der Waals surface area contributed by atoms with Crippen molar-refractivity contribution in [2.24, 2.45) is 10.2 Å². The third-order valence-corrected chi connectivity index (χ3v) is 7.93. The number of phenols is 2. The number of benzene rings is 3. The predicted octanol–water partition coefficient (Wildman–Crippen LogP) is 1.93. The van der Waals surface area contributed by atoms with Crippen molar-refractivity contribution < 1.29 is 49.7 Å². The van der Waals surface area contributed by atoms with E-state index in [4.69, 9.17) is 5.11 Å². The standard InChI is InChI=1S/C18H16N2O11S3/c21-5-6-32(24,25)11-2-4-15(22)14(9-11)19-20-17-13-3-1-12(33(26,27)28)7-10(13)8-16(18(17)23)34(29,30)31/h1-4,7-9,21-23H,5-6H2,(H,26,27,28)(H,29,30,31). The predicted molar refractivity (Wildman–Crippen MR) is 117 cm³/mol. The summed E-state index contributed by atoms with van der Waals surface area (Å²) < 4.78 is 89.2. The van der Waals surface area contributed by atoms with Gasteiger partial charge in [0, 0.05) is 5.39 Å². The molecular formula is C18H16N2O11S3. The number of azo groups is 1. The number of hydrogen-bond acceptors (Lipinski definition) is 11. The van der Waals surface area contributed by atoms with Gasteiger partial charge in [-0.05, 0) is 41.8 Å². The maximum Gasteiger partial charge on any atom is 0.298 e. The normalized spacial score (nSPS) is 13.0. The zero-order valence-electron chi connectivity index (χ0n) is 16.8. The van der Waals surface area contributed by atoms with Gasteiger partial charge < -0.3 is 15.3 Å². The van der Waals surface area contributed by atoms with Crippen LogP contribution in [0.3, 0.4) is 0 Å². The third-order valence-electron chi connectivity index (χ3n) is 4.52. The maximum atomic E-state index is 12.1. The first kappa shape index (κ1) is 25.5. The molecule has 3 aromatic carbocycles. The first-order valence-corrected chi connectivity index (χ1v) is 13.5. The fraction of sp³-hybridized carbons (Fsp3) is 0.111. The number of nitrogens with zero attached hydrogens (tertiary/aromatic N) is 2. The highest BCUT2D eigenvalue weighted by Crippen LogP contribution is 2.42. The Balaban J connectivity index is 2.27. The average Bonchev–Trinajstić information content (AvgIpc) is 2.71. The Bertz CT molecular complexity index is 1650. The van der Waals surface area contributed by atoms with Gasteiger partial charge in [-0.3, -0.25) is 9.11 Å². The summed E-state index contributed by atoms with van der Waals surface area (Å²) in [6.45, 7) is -0.659. The van der Waals surface area contributed by atoms with Gasteiger partial charge >= 0.3 is 0 Å². The summed E-state index contributed by atoms with van der Waals surface area (Å²) in [5.74, 6) is -2.20. The Morgan fingerprint density at radius 3 is 2.00 bits per heavy atom. The van der Waals surface area contributed by atoms with E-state index in [0.29, 0.717) is 0 Å². The molecule has 3 aromatic rings. The Morgan fingerprint density at radius 1 is 0.765 bits per heavy atom. The lowest BCUT2D eigenvalue weighted by atomic mass is 10.1. The lowest BCUT2D eigenvalue weighted by Gasteiger charge is -2.10. The lowest BCUT2D eigenvalue weighted by molar-refractivity contribution is 0.319. The maximum absolute atomic E-state index is 12.1. The van der Waals surface area contributed by atoms with Crippen molar-refractivity contribution >= 4 is 52.2 Å². The van der Waals surface area contributed by atoms with Crippen LogP contribution >= 0.6 is 0 Å². The second-order valence-corrected chi connectivity index (χ2v) is 11.7. The Labute approximate surface area is 193 Å². The molecule has 0 fully saturated rings. The largest absolute Gasteiger partial charge is 0.506 e. The zero-order valence-corrected chi connectivity index (χ0v) is 19.2. The molecule has 182 valence electrons. The van der Waals surface area contributed by atoms with Crippen molar-refractivity contribution in [1.29, 1.82) is 0 Å². The van der Waals surface area contributed by atoms with Crippen LogP contribution in [0.2, 0.25) is 0 Å².